The predicted octanol–water partition coefficient (Wildman–Crippen LogP) is 4.73. The Hall–Kier alpha value is -0.820. The Morgan fingerprint density at radius 3 is 2.33 bits per heavy atom. The van der Waals surface area contributed by atoms with Crippen LogP contribution in [0, 0.1) is 11.3 Å². The first kappa shape index (κ1) is 17.2. The Kier molecular flexibility index (Phi) is 7.93. The molecule has 0 aliphatic heterocycles. The van der Waals surface area contributed by atoms with Gasteiger partial charge < -0.3 is 5.32 Å². The first-order valence-electron chi connectivity index (χ1n) is 7.11. The van der Waals surface area contributed by atoms with Crippen molar-refractivity contribution in [3.8, 4) is 0 Å². The second-order valence-electron chi connectivity index (χ2n) is 5.63. The third-order valence-corrected chi connectivity index (χ3v) is 3.52. The van der Waals surface area contributed by atoms with Crippen LogP contribution in [-0.4, -0.2) is 13.1 Å². The Labute approximate surface area is 114 Å². The molecule has 0 atom stereocenters. The van der Waals surface area contributed by atoms with E-state index in [1.165, 1.54) is 17.6 Å². The highest BCUT2D eigenvalue weighted by molar-refractivity contribution is 5.31. The molecule has 0 spiro atoms. The van der Waals surface area contributed by atoms with Gasteiger partial charge in [-0.3, -0.25) is 0 Å². The van der Waals surface area contributed by atoms with Crippen molar-refractivity contribution in [1.82, 2.24) is 5.32 Å². The Morgan fingerprint density at radius 1 is 1.33 bits per heavy atom. The van der Waals surface area contributed by atoms with Gasteiger partial charge in [0.2, 0.25) is 0 Å². The molecule has 1 N–H and O–H groups in total. The van der Waals surface area contributed by atoms with Gasteiger partial charge >= 0.3 is 0 Å². The highest BCUT2D eigenvalue weighted by Crippen LogP contribution is 2.38. The minimum atomic E-state index is 0.0951. The smallest absolute Gasteiger partial charge is 0.0176 e. The van der Waals surface area contributed by atoms with Gasteiger partial charge in [-0.2, -0.15) is 0 Å². The van der Waals surface area contributed by atoms with Crippen LogP contribution < -0.4 is 5.32 Å². The van der Waals surface area contributed by atoms with E-state index in [9.17, 15) is 0 Å². The van der Waals surface area contributed by atoms with E-state index in [1.54, 1.807) is 0 Å². The molecule has 0 saturated heterocycles. The lowest BCUT2D eigenvalue weighted by atomic mass is 9.72. The summed E-state index contributed by atoms with van der Waals surface area (Å²) in [6.45, 7) is 19.3. The maximum Gasteiger partial charge on any atom is 0.0176 e. The second kappa shape index (κ2) is 8.31. The molecular weight excluding hydrogens is 218 g/mol. The molecule has 0 amide bonds. The lowest BCUT2D eigenvalue weighted by molar-refractivity contribution is 0.457. The van der Waals surface area contributed by atoms with Crippen LogP contribution in [0.25, 0.3) is 0 Å². The molecule has 0 fully saturated rings. The minimum absolute atomic E-state index is 0.0951. The van der Waals surface area contributed by atoms with Gasteiger partial charge in [-0.1, -0.05) is 65.0 Å². The minimum Gasteiger partial charge on any atom is -0.313 e. The molecule has 0 aromatic rings. The van der Waals surface area contributed by atoms with Crippen LogP contribution in [0.3, 0.4) is 0 Å². The summed E-state index contributed by atoms with van der Waals surface area (Å²) in [7, 11) is 0. The van der Waals surface area contributed by atoms with Crippen molar-refractivity contribution in [1.29, 1.82) is 0 Å². The second-order valence-corrected chi connectivity index (χ2v) is 5.63. The molecule has 0 aliphatic rings. The molecular formula is C17H31N. The van der Waals surface area contributed by atoms with E-state index in [-0.39, 0.29) is 5.41 Å². The maximum absolute atomic E-state index is 3.85. The molecule has 0 saturated carbocycles. The predicted molar refractivity (Wildman–Crippen MR) is 83.8 cm³/mol. The molecule has 0 bridgehead atoms. The van der Waals surface area contributed by atoms with Crippen molar-refractivity contribution in [2.24, 2.45) is 11.3 Å². The summed E-state index contributed by atoms with van der Waals surface area (Å²) in [5, 5.41) is 3.50. The fourth-order valence-electron chi connectivity index (χ4n) is 2.63. The normalized spacial score (nSPS) is 14.2. The number of hydrogen-bond donors (Lipinski definition) is 1. The zero-order chi connectivity index (χ0) is 14.2. The highest BCUT2D eigenvalue weighted by Gasteiger charge is 2.28. The van der Waals surface area contributed by atoms with E-state index in [2.05, 4.69) is 65.6 Å². The number of nitrogens with one attached hydrogen (secondary N) is 1. The molecule has 0 heterocycles. The molecule has 0 aromatic heterocycles. The van der Waals surface area contributed by atoms with E-state index in [0.29, 0.717) is 5.92 Å². The van der Waals surface area contributed by atoms with Crippen LogP contribution in [-0.2, 0) is 0 Å². The molecule has 1 nitrogen and oxygen atoms in total. The molecule has 0 aromatic carbocycles. The van der Waals surface area contributed by atoms with Crippen LogP contribution >= 0.6 is 0 Å². The van der Waals surface area contributed by atoms with Crippen molar-refractivity contribution in [2.45, 2.75) is 48.0 Å². The number of rotatable bonds is 8. The summed E-state index contributed by atoms with van der Waals surface area (Å²) in [6.07, 6.45) is 7.50. The van der Waals surface area contributed by atoms with E-state index < -0.39 is 0 Å². The summed E-state index contributed by atoms with van der Waals surface area (Å²) in [6, 6.07) is 0. The Balaban J connectivity index is 5.09. The average molecular weight is 249 g/mol. The van der Waals surface area contributed by atoms with E-state index in [0.717, 1.165) is 13.1 Å². The first-order chi connectivity index (χ1) is 8.41. The molecule has 104 valence electrons. The third-order valence-electron chi connectivity index (χ3n) is 3.52. The van der Waals surface area contributed by atoms with Crippen LogP contribution in [0.15, 0.2) is 36.0 Å². The van der Waals surface area contributed by atoms with Gasteiger partial charge in [0.15, 0.2) is 0 Å². The summed E-state index contributed by atoms with van der Waals surface area (Å²) in [5.74, 6) is 0.574. The quantitative estimate of drug-likeness (QED) is 0.372. The highest BCUT2D eigenvalue weighted by atomic mass is 14.8. The van der Waals surface area contributed by atoms with E-state index in [1.807, 2.05) is 6.08 Å². The van der Waals surface area contributed by atoms with E-state index >= 15 is 0 Å². The van der Waals surface area contributed by atoms with Gasteiger partial charge in [-0.25, -0.2) is 0 Å². The molecule has 0 unspecified atom stereocenters. The van der Waals surface area contributed by atoms with Gasteiger partial charge in [-0.15, -0.1) is 0 Å². The van der Waals surface area contributed by atoms with Crippen LogP contribution in [0.5, 0.6) is 0 Å². The zero-order valence-electron chi connectivity index (χ0n) is 13.1. The largest absolute Gasteiger partial charge is 0.313 e. The number of hydrogen-bond acceptors (Lipinski definition) is 1. The van der Waals surface area contributed by atoms with Crippen molar-refractivity contribution in [3.63, 3.8) is 0 Å². The van der Waals surface area contributed by atoms with Crippen molar-refractivity contribution in [2.75, 3.05) is 13.1 Å². The molecule has 0 radical (unpaired) electrons. The van der Waals surface area contributed by atoms with Crippen LogP contribution in [0.1, 0.15) is 48.0 Å². The van der Waals surface area contributed by atoms with Crippen molar-refractivity contribution in [3.05, 3.63) is 36.0 Å². The Bertz CT molecular complexity index is 306. The van der Waals surface area contributed by atoms with Crippen LogP contribution in [0.2, 0.25) is 0 Å². The van der Waals surface area contributed by atoms with Gasteiger partial charge in [0.25, 0.3) is 0 Å². The fourth-order valence-corrected chi connectivity index (χ4v) is 2.63. The van der Waals surface area contributed by atoms with Gasteiger partial charge in [0, 0.05) is 12.0 Å². The fraction of sp³-hybridized carbons (Fsp3) is 0.647. The van der Waals surface area contributed by atoms with Crippen molar-refractivity contribution >= 4 is 0 Å². The molecule has 0 rings (SSSR count). The molecule has 18 heavy (non-hydrogen) atoms. The molecule has 1 heteroatoms. The SMILES string of the molecule is C=C/C=C(/CNCCC)C(C)(C)/C(=C\C)C(C)C. The maximum atomic E-state index is 3.85. The van der Waals surface area contributed by atoms with Crippen LogP contribution in [0.4, 0.5) is 0 Å². The first-order valence-corrected chi connectivity index (χ1v) is 7.11. The summed E-state index contributed by atoms with van der Waals surface area (Å²) < 4.78 is 0. The summed E-state index contributed by atoms with van der Waals surface area (Å²) in [5.41, 5.74) is 3.00. The zero-order valence-corrected chi connectivity index (χ0v) is 13.1. The van der Waals surface area contributed by atoms with Gasteiger partial charge in [0.05, 0.1) is 0 Å². The van der Waals surface area contributed by atoms with Gasteiger partial charge in [0.1, 0.15) is 0 Å². The van der Waals surface area contributed by atoms with Crippen molar-refractivity contribution < 1.29 is 0 Å². The van der Waals surface area contributed by atoms with E-state index in [4.69, 9.17) is 0 Å². The monoisotopic (exact) mass is 249 g/mol. The molecule has 0 aliphatic carbocycles. The third kappa shape index (κ3) is 4.81. The topological polar surface area (TPSA) is 12.0 Å². The van der Waals surface area contributed by atoms with Gasteiger partial charge in [-0.05, 0) is 31.4 Å². The average Bonchev–Trinajstić information content (AvgIpc) is 2.28. The Morgan fingerprint density at radius 2 is 1.94 bits per heavy atom. The lowest BCUT2D eigenvalue weighted by Crippen LogP contribution is -2.29. The summed E-state index contributed by atoms with van der Waals surface area (Å²) in [4.78, 5) is 0. The number of allylic oxidation sites excluding steroid dienone is 4. The summed E-state index contributed by atoms with van der Waals surface area (Å²) >= 11 is 0. The standard InChI is InChI=1S/C17H31N/c1-8-11-15(13-18-12-9-2)17(6,7)16(10-3)14(4)5/h8,10-11,14,18H,1,9,12-13H2,2-7H3/b15-11-,16-10-. The lowest BCUT2D eigenvalue weighted by Gasteiger charge is -2.34.